The Morgan fingerprint density at radius 1 is 1.38 bits per heavy atom. The summed E-state index contributed by atoms with van der Waals surface area (Å²) in [5.41, 5.74) is 7.15. The Balaban J connectivity index is 2.99. The Bertz CT molecular complexity index is 295. The molecule has 0 amide bonds. The van der Waals surface area contributed by atoms with Crippen molar-refractivity contribution < 1.29 is 0 Å². The van der Waals surface area contributed by atoms with Gasteiger partial charge in [-0.15, -0.1) is 0 Å². The van der Waals surface area contributed by atoms with E-state index in [-0.39, 0.29) is 0 Å². The van der Waals surface area contributed by atoms with Gasteiger partial charge in [0.1, 0.15) is 0 Å². The summed E-state index contributed by atoms with van der Waals surface area (Å²) in [5, 5.41) is 0. The van der Waals surface area contributed by atoms with Gasteiger partial charge in [0.2, 0.25) is 0 Å². The number of aromatic nitrogens is 1. The molecule has 1 heterocycles. The maximum Gasteiger partial charge on any atom is 0.0399 e. The lowest BCUT2D eigenvalue weighted by Gasteiger charge is -2.34. The second kappa shape index (κ2) is 5.97. The lowest BCUT2D eigenvalue weighted by atomic mass is 9.84. The predicted molar refractivity (Wildman–Crippen MR) is 68.0 cm³/mol. The number of nitrogens with zero attached hydrogens (tertiary/aromatic N) is 2. The molecule has 90 valence electrons. The fraction of sp³-hybridized carbons (Fsp3) is 0.615. The first-order chi connectivity index (χ1) is 7.57. The van der Waals surface area contributed by atoms with E-state index in [0.717, 1.165) is 0 Å². The molecule has 2 atom stereocenters. The highest BCUT2D eigenvalue weighted by atomic mass is 15.1. The van der Waals surface area contributed by atoms with E-state index in [4.69, 9.17) is 5.73 Å². The zero-order valence-electron chi connectivity index (χ0n) is 10.7. The highest BCUT2D eigenvalue weighted by Crippen LogP contribution is 2.30. The summed E-state index contributed by atoms with van der Waals surface area (Å²) >= 11 is 0. The van der Waals surface area contributed by atoms with E-state index in [1.165, 1.54) is 5.56 Å². The van der Waals surface area contributed by atoms with Crippen molar-refractivity contribution in [3.8, 4) is 0 Å². The molecular weight excluding hydrogens is 198 g/mol. The minimum Gasteiger partial charge on any atom is -0.330 e. The Kier molecular flexibility index (Phi) is 4.90. The lowest BCUT2D eigenvalue weighted by molar-refractivity contribution is 0.175. The summed E-state index contributed by atoms with van der Waals surface area (Å²) in [4.78, 5) is 6.43. The van der Waals surface area contributed by atoms with Gasteiger partial charge in [0.05, 0.1) is 0 Å². The van der Waals surface area contributed by atoms with E-state index in [1.807, 2.05) is 18.5 Å². The van der Waals surface area contributed by atoms with Crippen molar-refractivity contribution in [2.75, 3.05) is 20.6 Å². The number of pyridine rings is 1. The summed E-state index contributed by atoms with van der Waals surface area (Å²) in [6.45, 7) is 5.16. The van der Waals surface area contributed by atoms with E-state index in [9.17, 15) is 0 Å². The molecule has 0 aromatic carbocycles. The van der Waals surface area contributed by atoms with Crippen molar-refractivity contribution in [3.63, 3.8) is 0 Å². The van der Waals surface area contributed by atoms with Crippen molar-refractivity contribution in [1.82, 2.24) is 9.88 Å². The Morgan fingerprint density at radius 2 is 2.06 bits per heavy atom. The van der Waals surface area contributed by atoms with Crippen LogP contribution in [0.5, 0.6) is 0 Å². The molecule has 0 bridgehead atoms. The van der Waals surface area contributed by atoms with Crippen LogP contribution in [0.25, 0.3) is 0 Å². The smallest absolute Gasteiger partial charge is 0.0399 e. The van der Waals surface area contributed by atoms with Crippen LogP contribution in [0, 0.1) is 11.8 Å². The number of hydrogen-bond acceptors (Lipinski definition) is 3. The third kappa shape index (κ3) is 3.03. The maximum absolute atomic E-state index is 5.90. The van der Waals surface area contributed by atoms with Gasteiger partial charge >= 0.3 is 0 Å². The van der Waals surface area contributed by atoms with Crippen LogP contribution in [0.2, 0.25) is 0 Å². The van der Waals surface area contributed by atoms with Crippen LogP contribution in [-0.4, -0.2) is 30.5 Å². The average Bonchev–Trinajstić information content (AvgIpc) is 2.25. The Morgan fingerprint density at radius 3 is 2.44 bits per heavy atom. The quantitative estimate of drug-likeness (QED) is 0.826. The molecule has 2 N–H and O–H groups in total. The Hall–Kier alpha value is -0.930. The first-order valence-electron chi connectivity index (χ1n) is 5.84. The second-order valence-electron chi connectivity index (χ2n) is 4.84. The van der Waals surface area contributed by atoms with Crippen LogP contribution in [0.4, 0.5) is 0 Å². The van der Waals surface area contributed by atoms with Crippen molar-refractivity contribution in [1.29, 1.82) is 0 Å². The van der Waals surface area contributed by atoms with Crippen LogP contribution < -0.4 is 5.73 Å². The standard InChI is InChI=1S/C13H23N3/c1-10(2)12(8-14)13(16(3)4)11-6-5-7-15-9-11/h5-7,9-10,12-13H,8,14H2,1-4H3. The van der Waals surface area contributed by atoms with Crippen LogP contribution in [0.15, 0.2) is 24.5 Å². The largest absolute Gasteiger partial charge is 0.330 e. The molecule has 3 nitrogen and oxygen atoms in total. The van der Waals surface area contributed by atoms with E-state index < -0.39 is 0 Å². The molecule has 0 aliphatic carbocycles. The van der Waals surface area contributed by atoms with Crippen molar-refractivity contribution in [3.05, 3.63) is 30.1 Å². The predicted octanol–water partition coefficient (Wildman–Crippen LogP) is 1.92. The van der Waals surface area contributed by atoms with Gasteiger partial charge in [-0.3, -0.25) is 4.98 Å². The first kappa shape index (κ1) is 13.1. The molecule has 0 fully saturated rings. The first-order valence-corrected chi connectivity index (χ1v) is 5.84. The minimum atomic E-state index is 0.346. The number of hydrogen-bond donors (Lipinski definition) is 1. The van der Waals surface area contributed by atoms with Gasteiger partial charge in [-0.2, -0.15) is 0 Å². The summed E-state index contributed by atoms with van der Waals surface area (Å²) in [6.07, 6.45) is 3.75. The van der Waals surface area contributed by atoms with Gasteiger partial charge in [0, 0.05) is 18.4 Å². The third-order valence-corrected chi connectivity index (χ3v) is 3.12. The van der Waals surface area contributed by atoms with Gasteiger partial charge in [-0.1, -0.05) is 19.9 Å². The molecule has 0 saturated carbocycles. The van der Waals surface area contributed by atoms with Gasteiger partial charge in [0.15, 0.2) is 0 Å². The molecule has 1 aromatic heterocycles. The fourth-order valence-corrected chi connectivity index (χ4v) is 2.24. The van der Waals surface area contributed by atoms with Gasteiger partial charge in [-0.25, -0.2) is 0 Å². The van der Waals surface area contributed by atoms with Crippen LogP contribution in [0.1, 0.15) is 25.5 Å². The molecule has 3 heteroatoms. The molecule has 0 aliphatic rings. The molecule has 2 unspecified atom stereocenters. The number of nitrogens with two attached hydrogens (primary N) is 1. The molecule has 0 saturated heterocycles. The van der Waals surface area contributed by atoms with Crippen LogP contribution >= 0.6 is 0 Å². The molecule has 0 aliphatic heterocycles. The van der Waals surface area contributed by atoms with E-state index in [1.54, 1.807) is 0 Å². The summed E-state index contributed by atoms with van der Waals surface area (Å²) in [5.74, 6) is 1.02. The van der Waals surface area contributed by atoms with E-state index in [0.29, 0.717) is 24.4 Å². The van der Waals surface area contributed by atoms with E-state index in [2.05, 4.69) is 43.9 Å². The second-order valence-corrected chi connectivity index (χ2v) is 4.84. The minimum absolute atomic E-state index is 0.346. The molecule has 0 spiro atoms. The highest BCUT2D eigenvalue weighted by molar-refractivity contribution is 5.15. The summed E-state index contributed by atoms with van der Waals surface area (Å²) < 4.78 is 0. The topological polar surface area (TPSA) is 42.1 Å². The average molecular weight is 221 g/mol. The lowest BCUT2D eigenvalue weighted by Crippen LogP contribution is -2.35. The van der Waals surface area contributed by atoms with Gasteiger partial charge < -0.3 is 10.6 Å². The zero-order chi connectivity index (χ0) is 12.1. The zero-order valence-corrected chi connectivity index (χ0v) is 10.7. The normalized spacial score (nSPS) is 15.4. The monoisotopic (exact) mass is 221 g/mol. The van der Waals surface area contributed by atoms with Crippen molar-refractivity contribution in [2.45, 2.75) is 19.9 Å². The molecule has 1 rings (SSSR count). The van der Waals surface area contributed by atoms with Crippen molar-refractivity contribution in [2.24, 2.45) is 17.6 Å². The van der Waals surface area contributed by atoms with Crippen LogP contribution in [-0.2, 0) is 0 Å². The molecular formula is C13H23N3. The van der Waals surface area contributed by atoms with Crippen molar-refractivity contribution >= 4 is 0 Å². The molecule has 1 aromatic rings. The Labute approximate surface area is 98.7 Å². The van der Waals surface area contributed by atoms with Crippen LogP contribution in [0.3, 0.4) is 0 Å². The molecule has 16 heavy (non-hydrogen) atoms. The fourth-order valence-electron chi connectivity index (χ4n) is 2.24. The number of rotatable bonds is 5. The SMILES string of the molecule is CC(C)C(CN)C(c1cccnc1)N(C)C. The summed E-state index contributed by atoms with van der Waals surface area (Å²) in [7, 11) is 4.20. The highest BCUT2D eigenvalue weighted by Gasteiger charge is 2.26. The summed E-state index contributed by atoms with van der Waals surface area (Å²) in [6, 6.07) is 4.46. The van der Waals surface area contributed by atoms with Gasteiger partial charge in [0.25, 0.3) is 0 Å². The maximum atomic E-state index is 5.90. The van der Waals surface area contributed by atoms with Gasteiger partial charge in [-0.05, 0) is 44.1 Å². The molecule has 0 radical (unpaired) electrons. The van der Waals surface area contributed by atoms with E-state index >= 15 is 0 Å². The third-order valence-electron chi connectivity index (χ3n) is 3.12.